The fraction of sp³-hybridized carbons (Fsp3) is 0.769. The molecule has 1 aliphatic carbocycles. The Morgan fingerprint density at radius 1 is 1.35 bits per heavy atom. The summed E-state index contributed by atoms with van der Waals surface area (Å²) in [5.41, 5.74) is -0.797. The molecule has 4 atom stereocenters. The molecule has 6 nitrogen and oxygen atoms in total. The van der Waals surface area contributed by atoms with Gasteiger partial charge in [0.2, 0.25) is 0 Å². The zero-order chi connectivity index (χ0) is 15.2. The molecule has 0 aromatic heterocycles. The minimum absolute atomic E-state index is 0.0507. The molecule has 0 radical (unpaired) electrons. The molecule has 2 aliphatic rings. The van der Waals surface area contributed by atoms with E-state index in [1.807, 2.05) is 0 Å². The predicted molar refractivity (Wildman–Crippen MR) is 65.7 cm³/mol. The number of Topliss-reactive ketones (excluding diaryl/α,β-unsaturated/α-hetero) is 1. The van der Waals surface area contributed by atoms with Crippen molar-refractivity contribution in [3.05, 3.63) is 0 Å². The lowest BCUT2D eigenvalue weighted by molar-refractivity contribution is -0.149. The Labute approximate surface area is 116 Å². The first kappa shape index (κ1) is 14.7. The highest BCUT2D eigenvalue weighted by molar-refractivity contribution is 5.96. The molecule has 1 saturated heterocycles. The van der Waals surface area contributed by atoms with Crippen LogP contribution in [-0.2, 0) is 19.1 Å². The Morgan fingerprint density at radius 2 is 1.95 bits per heavy atom. The van der Waals surface area contributed by atoms with Gasteiger partial charge in [-0.1, -0.05) is 0 Å². The summed E-state index contributed by atoms with van der Waals surface area (Å²) in [6.07, 6.45) is -2.46. The predicted octanol–water partition coefficient (Wildman–Crippen LogP) is 1.07. The van der Waals surface area contributed by atoms with Crippen LogP contribution < -0.4 is 0 Å². The lowest BCUT2D eigenvalue weighted by atomic mass is 9.98. The maximum atomic E-state index is 14.1. The van der Waals surface area contributed by atoms with Gasteiger partial charge in [-0.3, -0.25) is 9.69 Å². The summed E-state index contributed by atoms with van der Waals surface area (Å²) in [7, 11) is 1.16. The van der Waals surface area contributed by atoms with Crippen LogP contribution >= 0.6 is 0 Å². The van der Waals surface area contributed by atoms with Crippen LogP contribution in [0.4, 0.5) is 9.18 Å². The molecule has 0 spiro atoms. The molecule has 1 amide bonds. The van der Waals surface area contributed by atoms with Crippen molar-refractivity contribution in [2.24, 2.45) is 5.92 Å². The minimum Gasteiger partial charge on any atom is -0.467 e. The molecule has 0 aromatic rings. The number of esters is 1. The van der Waals surface area contributed by atoms with E-state index in [0.717, 1.165) is 12.0 Å². The lowest BCUT2D eigenvalue weighted by Gasteiger charge is -2.33. The number of hydrogen-bond donors (Lipinski definition) is 0. The van der Waals surface area contributed by atoms with Crippen LogP contribution in [0.1, 0.15) is 27.2 Å². The van der Waals surface area contributed by atoms with Crippen molar-refractivity contribution < 1.29 is 28.2 Å². The first-order chi connectivity index (χ1) is 9.17. The number of carbonyl (C=O) groups is 3. The number of fused-ring (bicyclic) bond motifs is 2. The SMILES string of the molecule is COC(=O)[C@@H]1[C@@H]2CC(=O)[C@@H]([C@H]2F)N1C(=O)OC(C)(C)C. The number of hydrogen-bond acceptors (Lipinski definition) is 5. The van der Waals surface area contributed by atoms with Gasteiger partial charge in [-0.2, -0.15) is 0 Å². The van der Waals surface area contributed by atoms with E-state index in [-0.39, 0.29) is 12.2 Å². The third kappa shape index (κ3) is 2.25. The Hall–Kier alpha value is -1.66. The number of likely N-dealkylation sites (tertiary alicyclic amines) is 1. The summed E-state index contributed by atoms with van der Waals surface area (Å²) in [5, 5.41) is 0. The first-order valence-corrected chi connectivity index (χ1v) is 6.43. The Balaban J connectivity index is 2.30. The number of alkyl halides is 1. The van der Waals surface area contributed by atoms with E-state index in [1.54, 1.807) is 20.8 Å². The van der Waals surface area contributed by atoms with Gasteiger partial charge in [0.25, 0.3) is 0 Å². The number of ketones is 1. The average Bonchev–Trinajstić information content (AvgIpc) is 2.75. The van der Waals surface area contributed by atoms with Crippen LogP contribution in [0.5, 0.6) is 0 Å². The van der Waals surface area contributed by atoms with Gasteiger partial charge in [0, 0.05) is 12.3 Å². The molecule has 1 aliphatic heterocycles. The Kier molecular flexibility index (Phi) is 3.47. The largest absolute Gasteiger partial charge is 0.467 e. The van der Waals surface area contributed by atoms with E-state index < -0.39 is 41.8 Å². The van der Waals surface area contributed by atoms with Crippen LogP contribution in [0.25, 0.3) is 0 Å². The van der Waals surface area contributed by atoms with Gasteiger partial charge in [0.1, 0.15) is 23.9 Å². The van der Waals surface area contributed by atoms with E-state index in [1.165, 1.54) is 0 Å². The molecule has 0 unspecified atom stereocenters. The van der Waals surface area contributed by atoms with E-state index in [9.17, 15) is 18.8 Å². The number of rotatable bonds is 1. The molecule has 0 aromatic carbocycles. The first-order valence-electron chi connectivity index (χ1n) is 6.43. The molecule has 20 heavy (non-hydrogen) atoms. The molecule has 2 fully saturated rings. The van der Waals surface area contributed by atoms with Crippen molar-refractivity contribution in [3.8, 4) is 0 Å². The highest BCUT2D eigenvalue weighted by Crippen LogP contribution is 2.43. The van der Waals surface area contributed by atoms with Crippen molar-refractivity contribution >= 4 is 17.8 Å². The van der Waals surface area contributed by atoms with Crippen LogP contribution in [0.15, 0.2) is 0 Å². The van der Waals surface area contributed by atoms with Crippen LogP contribution in [0.3, 0.4) is 0 Å². The van der Waals surface area contributed by atoms with Crippen molar-refractivity contribution in [2.75, 3.05) is 7.11 Å². The number of piperidine rings is 1. The summed E-state index contributed by atoms with van der Waals surface area (Å²) in [6.45, 7) is 4.96. The molecular formula is C13H18FNO5. The van der Waals surface area contributed by atoms with Gasteiger partial charge in [0.05, 0.1) is 7.11 Å². The molecule has 1 heterocycles. The summed E-state index contributed by atoms with van der Waals surface area (Å²) in [5.74, 6) is -1.94. The number of methoxy groups -OCH3 is 1. The summed E-state index contributed by atoms with van der Waals surface area (Å²) < 4.78 is 23.9. The molecule has 2 rings (SSSR count). The molecule has 112 valence electrons. The van der Waals surface area contributed by atoms with Gasteiger partial charge >= 0.3 is 12.1 Å². The second-order valence-corrected chi connectivity index (χ2v) is 6.08. The van der Waals surface area contributed by atoms with Crippen molar-refractivity contribution in [1.29, 1.82) is 0 Å². The fourth-order valence-corrected chi connectivity index (χ4v) is 2.80. The maximum absolute atomic E-state index is 14.1. The quantitative estimate of drug-likeness (QED) is 0.675. The zero-order valence-electron chi connectivity index (χ0n) is 11.9. The standard InChI is InChI=1S/C13H18FNO5/c1-13(2,3)20-12(18)15-9(11(17)19-4)6-5-7(16)10(15)8(6)14/h6,8-10H,5H2,1-4H3/t6-,8+,9+,10+/m1/s1. The number of amides is 1. The molecule has 0 N–H and O–H groups in total. The second kappa shape index (κ2) is 4.71. The van der Waals surface area contributed by atoms with Gasteiger partial charge < -0.3 is 9.47 Å². The zero-order valence-corrected chi connectivity index (χ0v) is 11.9. The summed E-state index contributed by atoms with van der Waals surface area (Å²) in [4.78, 5) is 36.6. The molecular weight excluding hydrogens is 269 g/mol. The van der Waals surface area contributed by atoms with E-state index in [4.69, 9.17) is 4.74 Å². The Morgan fingerprint density at radius 3 is 2.45 bits per heavy atom. The van der Waals surface area contributed by atoms with E-state index in [2.05, 4.69) is 4.74 Å². The molecule has 1 saturated carbocycles. The molecule has 2 bridgehead atoms. The number of carbonyl (C=O) groups excluding carboxylic acids is 3. The smallest absolute Gasteiger partial charge is 0.411 e. The summed E-state index contributed by atoms with van der Waals surface area (Å²) in [6, 6.07) is -2.33. The maximum Gasteiger partial charge on any atom is 0.411 e. The van der Waals surface area contributed by atoms with E-state index in [0.29, 0.717) is 0 Å². The third-order valence-corrected chi connectivity index (χ3v) is 3.53. The fourth-order valence-electron chi connectivity index (χ4n) is 2.80. The van der Waals surface area contributed by atoms with Gasteiger partial charge in [-0.05, 0) is 20.8 Å². The normalized spacial score (nSPS) is 32.5. The van der Waals surface area contributed by atoms with Crippen molar-refractivity contribution in [1.82, 2.24) is 4.90 Å². The average molecular weight is 287 g/mol. The monoisotopic (exact) mass is 287 g/mol. The van der Waals surface area contributed by atoms with Gasteiger partial charge in [-0.25, -0.2) is 14.0 Å². The number of halogens is 1. The highest BCUT2D eigenvalue weighted by atomic mass is 19.1. The number of nitrogens with zero attached hydrogens (tertiary/aromatic N) is 1. The second-order valence-electron chi connectivity index (χ2n) is 6.08. The van der Waals surface area contributed by atoms with Gasteiger partial charge in [-0.15, -0.1) is 0 Å². The topological polar surface area (TPSA) is 72.9 Å². The van der Waals surface area contributed by atoms with Crippen LogP contribution in [0, 0.1) is 5.92 Å². The van der Waals surface area contributed by atoms with Gasteiger partial charge in [0.15, 0.2) is 5.78 Å². The summed E-state index contributed by atoms with van der Waals surface area (Å²) >= 11 is 0. The van der Waals surface area contributed by atoms with Crippen LogP contribution in [0.2, 0.25) is 0 Å². The number of ether oxygens (including phenoxy) is 2. The highest BCUT2D eigenvalue weighted by Gasteiger charge is 2.63. The van der Waals surface area contributed by atoms with E-state index >= 15 is 0 Å². The minimum atomic E-state index is -1.54. The third-order valence-electron chi connectivity index (χ3n) is 3.53. The van der Waals surface area contributed by atoms with Crippen molar-refractivity contribution in [2.45, 2.75) is 51.0 Å². The molecule has 7 heteroatoms. The Bertz CT molecular complexity index is 458. The lowest BCUT2D eigenvalue weighted by Crippen LogP contribution is -2.54. The van der Waals surface area contributed by atoms with Crippen molar-refractivity contribution in [3.63, 3.8) is 0 Å². The van der Waals surface area contributed by atoms with Crippen LogP contribution in [-0.4, -0.2) is 53.7 Å².